The number of para-hydroxylation sites is 1. The topological polar surface area (TPSA) is 129 Å². The molecule has 2 fully saturated rings. The molecular weight excluding hydrogens is 635 g/mol. The van der Waals surface area contributed by atoms with E-state index in [2.05, 4.69) is 21.4 Å². The molecule has 0 aliphatic carbocycles. The van der Waals surface area contributed by atoms with Crippen molar-refractivity contribution in [1.29, 1.82) is 0 Å². The Balaban J connectivity index is 1.68. The number of piperazine rings is 1. The fourth-order valence-electron chi connectivity index (χ4n) is 6.35. The number of carbonyl (C=O) groups is 1. The number of likely N-dealkylation sites (tertiary alicyclic amines) is 1. The second-order valence-corrected chi connectivity index (χ2v) is 14.2. The van der Waals surface area contributed by atoms with Gasteiger partial charge in [0.1, 0.15) is 17.3 Å². The molecule has 1 amide bonds. The van der Waals surface area contributed by atoms with E-state index in [-0.39, 0.29) is 73.9 Å². The Morgan fingerprint density at radius 2 is 1.85 bits per heavy atom. The van der Waals surface area contributed by atoms with Crippen molar-refractivity contribution < 1.29 is 22.7 Å². The molecule has 14 heteroatoms. The number of phenols is 1. The van der Waals surface area contributed by atoms with Gasteiger partial charge in [0.05, 0.1) is 26.6 Å². The number of nitrogens with zero attached hydrogens (tertiary/aromatic N) is 6. The summed E-state index contributed by atoms with van der Waals surface area (Å²) in [6.07, 6.45) is 2.29. The standard InChI is InChI=1S/C32H32ClFN6O5S/c1-5-26(42)38-12-13-39(18(2)15-38)30-21-14-23(34)28(27-22(33)9-7-10-24(27)41)35-31(21)40(32(43)36-30)29-20(19-16-37(3)17-19)8-6-11-25(29)46(4,44)45/h5-11,14,18-19,41H,1,12-13,15-17H2,2-4H3/t18-/m0/s1. The Morgan fingerprint density at radius 3 is 2.48 bits per heavy atom. The third kappa shape index (κ3) is 5.41. The number of benzene rings is 2. The van der Waals surface area contributed by atoms with E-state index in [9.17, 15) is 23.1 Å². The molecule has 0 radical (unpaired) electrons. The number of hydrogen-bond acceptors (Lipinski definition) is 9. The number of halogens is 2. The molecule has 11 nitrogen and oxygen atoms in total. The Hall–Kier alpha value is -4.33. The Morgan fingerprint density at radius 1 is 1.13 bits per heavy atom. The molecule has 46 heavy (non-hydrogen) atoms. The Labute approximate surface area is 270 Å². The SMILES string of the molecule is C=CC(=O)N1CCN(c2nc(=O)n(-c3c(C4CN(C)C4)cccc3S(C)(=O)=O)c3nc(-c4c(O)cccc4Cl)c(F)cc23)[C@@H](C)C1. The molecular formula is C32H32ClFN6O5S. The van der Waals surface area contributed by atoms with E-state index >= 15 is 4.39 Å². The number of amides is 1. The summed E-state index contributed by atoms with van der Waals surface area (Å²) >= 11 is 6.41. The molecule has 2 aromatic carbocycles. The average molecular weight is 667 g/mol. The number of phenolic OH excluding ortho intramolecular Hbond substituents is 1. The van der Waals surface area contributed by atoms with Crippen LogP contribution >= 0.6 is 11.6 Å². The van der Waals surface area contributed by atoms with Crippen LogP contribution in [0, 0.1) is 5.82 Å². The minimum atomic E-state index is -3.88. The summed E-state index contributed by atoms with van der Waals surface area (Å²) in [4.78, 5) is 41.0. The number of likely N-dealkylation sites (N-methyl/N-ethyl adjacent to an activating group) is 1. The van der Waals surface area contributed by atoms with Crippen LogP contribution in [0.25, 0.3) is 28.0 Å². The molecule has 0 spiro atoms. The van der Waals surface area contributed by atoms with Gasteiger partial charge in [0.25, 0.3) is 0 Å². The lowest BCUT2D eigenvalue weighted by molar-refractivity contribution is -0.126. The number of hydrogen-bond donors (Lipinski definition) is 1. The molecule has 1 N–H and O–H groups in total. The highest BCUT2D eigenvalue weighted by Crippen LogP contribution is 2.40. The first-order valence-corrected chi connectivity index (χ1v) is 16.9. The summed E-state index contributed by atoms with van der Waals surface area (Å²) < 4.78 is 43.6. The van der Waals surface area contributed by atoms with Crippen molar-refractivity contribution in [1.82, 2.24) is 24.3 Å². The van der Waals surface area contributed by atoms with Gasteiger partial charge >= 0.3 is 5.69 Å². The van der Waals surface area contributed by atoms with Gasteiger partial charge in [0.15, 0.2) is 21.3 Å². The van der Waals surface area contributed by atoms with E-state index in [0.29, 0.717) is 31.7 Å². The van der Waals surface area contributed by atoms with E-state index in [1.165, 1.54) is 36.4 Å². The zero-order chi connectivity index (χ0) is 33.1. The number of fused-ring (bicyclic) bond motifs is 1. The molecule has 6 rings (SSSR count). The van der Waals surface area contributed by atoms with Crippen LogP contribution in [0.2, 0.25) is 5.02 Å². The number of pyridine rings is 1. The third-order valence-corrected chi connectivity index (χ3v) is 10.0. The fraction of sp³-hybridized carbons (Fsp3) is 0.312. The number of aromatic nitrogens is 3. The summed E-state index contributed by atoms with van der Waals surface area (Å²) in [5.41, 5.74) is -0.581. The van der Waals surface area contributed by atoms with Crippen LogP contribution in [-0.2, 0) is 14.6 Å². The van der Waals surface area contributed by atoms with E-state index < -0.39 is 21.3 Å². The maximum atomic E-state index is 16.1. The first-order chi connectivity index (χ1) is 21.8. The van der Waals surface area contributed by atoms with Crippen LogP contribution in [0.15, 0.2) is 64.8 Å². The lowest BCUT2D eigenvalue weighted by Gasteiger charge is -2.40. The highest BCUT2D eigenvalue weighted by atomic mass is 35.5. The van der Waals surface area contributed by atoms with E-state index in [1.54, 1.807) is 21.9 Å². The van der Waals surface area contributed by atoms with Gasteiger partial charge in [-0.2, -0.15) is 4.98 Å². The lowest BCUT2D eigenvalue weighted by atomic mass is 9.90. The Bertz CT molecular complexity index is 2060. The second kappa shape index (κ2) is 11.8. The largest absolute Gasteiger partial charge is 0.507 e. The quantitative estimate of drug-likeness (QED) is 0.307. The number of carbonyl (C=O) groups excluding carboxylic acids is 1. The monoisotopic (exact) mass is 666 g/mol. The zero-order valence-electron chi connectivity index (χ0n) is 25.4. The summed E-state index contributed by atoms with van der Waals surface area (Å²) in [6.45, 7) is 7.55. The van der Waals surface area contributed by atoms with Gasteiger partial charge in [-0.1, -0.05) is 36.4 Å². The van der Waals surface area contributed by atoms with Crippen molar-refractivity contribution in [2.45, 2.75) is 23.8 Å². The van der Waals surface area contributed by atoms with Crippen LogP contribution in [0.3, 0.4) is 0 Å². The summed E-state index contributed by atoms with van der Waals surface area (Å²) in [6, 6.07) is 9.99. The van der Waals surface area contributed by atoms with Gasteiger partial charge in [0.2, 0.25) is 5.91 Å². The highest BCUT2D eigenvalue weighted by molar-refractivity contribution is 7.90. The summed E-state index contributed by atoms with van der Waals surface area (Å²) in [5.74, 6) is -1.35. The van der Waals surface area contributed by atoms with Gasteiger partial charge in [-0.25, -0.2) is 27.2 Å². The smallest absolute Gasteiger partial charge is 0.355 e. The maximum absolute atomic E-state index is 16.1. The molecule has 1 atom stereocenters. The molecule has 0 unspecified atom stereocenters. The predicted molar refractivity (Wildman–Crippen MR) is 174 cm³/mol. The van der Waals surface area contributed by atoms with Gasteiger partial charge in [-0.15, -0.1) is 0 Å². The van der Waals surface area contributed by atoms with Crippen LogP contribution in [0.1, 0.15) is 18.4 Å². The van der Waals surface area contributed by atoms with Gasteiger partial charge in [0, 0.05) is 50.9 Å². The maximum Gasteiger partial charge on any atom is 0.355 e. The van der Waals surface area contributed by atoms with Crippen molar-refractivity contribution in [2.75, 3.05) is 50.9 Å². The fourth-order valence-corrected chi connectivity index (χ4v) is 7.50. The van der Waals surface area contributed by atoms with E-state index in [0.717, 1.165) is 10.8 Å². The molecule has 240 valence electrons. The van der Waals surface area contributed by atoms with E-state index in [4.69, 9.17) is 11.6 Å². The van der Waals surface area contributed by atoms with E-state index in [1.807, 2.05) is 14.0 Å². The number of anilines is 1. The normalized spacial score (nSPS) is 17.7. The first kappa shape index (κ1) is 31.6. The van der Waals surface area contributed by atoms with Crippen molar-refractivity contribution in [3.8, 4) is 22.7 Å². The minimum Gasteiger partial charge on any atom is -0.507 e. The third-order valence-electron chi connectivity index (χ3n) is 8.57. The van der Waals surface area contributed by atoms with Crippen LogP contribution in [-0.4, -0.2) is 95.8 Å². The molecule has 2 aliphatic heterocycles. The van der Waals surface area contributed by atoms with Crippen molar-refractivity contribution in [3.63, 3.8) is 0 Å². The van der Waals surface area contributed by atoms with Gasteiger partial charge < -0.3 is 19.8 Å². The number of sulfone groups is 1. The predicted octanol–water partition coefficient (Wildman–Crippen LogP) is 3.60. The van der Waals surface area contributed by atoms with Crippen molar-refractivity contribution in [3.05, 3.63) is 82.0 Å². The Kier molecular flexibility index (Phi) is 8.11. The van der Waals surface area contributed by atoms with Gasteiger partial charge in [-0.05, 0) is 49.9 Å². The molecule has 4 aromatic rings. The highest BCUT2D eigenvalue weighted by Gasteiger charge is 2.34. The van der Waals surface area contributed by atoms with Crippen LogP contribution < -0.4 is 10.6 Å². The molecule has 2 aromatic heterocycles. The summed E-state index contributed by atoms with van der Waals surface area (Å²) in [7, 11) is -1.95. The zero-order valence-corrected chi connectivity index (χ0v) is 27.0. The van der Waals surface area contributed by atoms with Crippen LogP contribution in [0.4, 0.5) is 10.2 Å². The lowest BCUT2D eigenvalue weighted by Crippen LogP contribution is -2.54. The summed E-state index contributed by atoms with van der Waals surface area (Å²) in [5, 5.41) is 10.9. The molecule has 4 heterocycles. The first-order valence-electron chi connectivity index (χ1n) is 14.6. The van der Waals surface area contributed by atoms with Crippen LogP contribution in [0.5, 0.6) is 5.75 Å². The van der Waals surface area contributed by atoms with Crippen molar-refractivity contribution in [2.24, 2.45) is 0 Å². The minimum absolute atomic E-state index is 0.0280. The second-order valence-electron chi connectivity index (χ2n) is 11.8. The van der Waals surface area contributed by atoms with Gasteiger partial charge in [-0.3, -0.25) is 4.79 Å². The molecule has 2 saturated heterocycles. The molecule has 0 bridgehead atoms. The van der Waals surface area contributed by atoms with Crippen molar-refractivity contribution >= 4 is 44.2 Å². The molecule has 0 saturated carbocycles. The molecule has 2 aliphatic rings. The number of rotatable bonds is 6. The number of aromatic hydroxyl groups is 1. The average Bonchev–Trinajstić information content (AvgIpc) is 2.98.